The second-order valence-corrected chi connectivity index (χ2v) is 4.00. The van der Waals surface area contributed by atoms with Crippen molar-refractivity contribution in [1.82, 2.24) is 10.2 Å². The van der Waals surface area contributed by atoms with Crippen molar-refractivity contribution in [3.63, 3.8) is 0 Å². The number of alkyl halides is 1. The predicted molar refractivity (Wildman–Crippen MR) is 51.3 cm³/mol. The van der Waals surface area contributed by atoms with Crippen molar-refractivity contribution in [2.45, 2.75) is 31.8 Å². The Balaban J connectivity index is 2.15. The number of ether oxygens (including phenoxy) is 1. The van der Waals surface area contributed by atoms with Gasteiger partial charge >= 0.3 is 0 Å². The van der Waals surface area contributed by atoms with Crippen molar-refractivity contribution in [3.05, 3.63) is 11.8 Å². The summed E-state index contributed by atoms with van der Waals surface area (Å²) in [5, 5.41) is 7.90. The zero-order valence-corrected chi connectivity index (χ0v) is 8.88. The molecule has 1 aliphatic heterocycles. The predicted octanol–water partition coefficient (Wildman–Crippen LogP) is 1.88. The summed E-state index contributed by atoms with van der Waals surface area (Å²) < 4.78 is 11.1. The third-order valence-corrected chi connectivity index (χ3v) is 2.64. The van der Waals surface area contributed by atoms with Gasteiger partial charge in [-0.2, -0.15) is 0 Å². The van der Waals surface area contributed by atoms with Crippen LogP contribution in [0.1, 0.15) is 31.5 Å². The molecule has 14 heavy (non-hydrogen) atoms. The average Bonchev–Trinajstić information content (AvgIpc) is 2.75. The van der Waals surface area contributed by atoms with Gasteiger partial charge in [-0.25, -0.2) is 0 Å². The van der Waals surface area contributed by atoms with Crippen LogP contribution in [0.5, 0.6) is 0 Å². The molecule has 4 nitrogen and oxygen atoms in total. The molecule has 0 aliphatic carbocycles. The van der Waals surface area contributed by atoms with Crippen LogP contribution in [0.15, 0.2) is 4.42 Å². The lowest BCUT2D eigenvalue weighted by Gasteiger charge is -2.17. The van der Waals surface area contributed by atoms with Crippen molar-refractivity contribution in [3.8, 4) is 0 Å². The normalized spacial score (nSPS) is 27.0. The minimum Gasteiger partial charge on any atom is -0.422 e. The van der Waals surface area contributed by atoms with E-state index in [1.807, 2.05) is 6.92 Å². The fourth-order valence-corrected chi connectivity index (χ4v) is 1.76. The van der Waals surface area contributed by atoms with Gasteiger partial charge in [-0.15, -0.1) is 21.8 Å². The molecule has 0 radical (unpaired) electrons. The summed E-state index contributed by atoms with van der Waals surface area (Å²) in [5.41, 5.74) is -0.377. The summed E-state index contributed by atoms with van der Waals surface area (Å²) in [6, 6.07) is 0. The topological polar surface area (TPSA) is 48.2 Å². The van der Waals surface area contributed by atoms with E-state index in [0.717, 1.165) is 19.4 Å². The van der Waals surface area contributed by atoms with E-state index in [-0.39, 0.29) is 5.60 Å². The highest BCUT2D eigenvalue weighted by atomic mass is 35.5. The quantitative estimate of drug-likeness (QED) is 0.724. The van der Waals surface area contributed by atoms with Gasteiger partial charge in [0.1, 0.15) is 5.60 Å². The van der Waals surface area contributed by atoms with Gasteiger partial charge in [-0.1, -0.05) is 0 Å². The molecule has 1 aromatic rings. The zero-order chi connectivity index (χ0) is 10.0. The minimum atomic E-state index is -0.377. The molecule has 78 valence electrons. The Bertz CT molecular complexity index is 308. The minimum absolute atomic E-state index is 0.377. The number of aromatic nitrogens is 2. The molecule has 0 saturated carbocycles. The number of aryl methyl sites for hydroxylation is 1. The highest BCUT2D eigenvalue weighted by Gasteiger charge is 2.37. The Kier molecular flexibility index (Phi) is 2.74. The number of nitrogens with zero attached hydrogens (tertiary/aromatic N) is 2. The van der Waals surface area contributed by atoms with E-state index >= 15 is 0 Å². The number of hydrogen-bond acceptors (Lipinski definition) is 4. The molecule has 0 aromatic carbocycles. The fraction of sp³-hybridized carbons (Fsp3) is 0.778. The Morgan fingerprint density at radius 2 is 2.36 bits per heavy atom. The highest BCUT2D eigenvalue weighted by Crippen LogP contribution is 2.34. The van der Waals surface area contributed by atoms with E-state index in [2.05, 4.69) is 10.2 Å². The molecule has 0 bridgehead atoms. The van der Waals surface area contributed by atoms with Crippen LogP contribution in [0.3, 0.4) is 0 Å². The van der Waals surface area contributed by atoms with Gasteiger partial charge in [0.2, 0.25) is 11.8 Å². The Labute approximate surface area is 87.6 Å². The third-order valence-electron chi connectivity index (χ3n) is 2.45. The van der Waals surface area contributed by atoms with E-state index in [4.69, 9.17) is 20.8 Å². The number of hydrogen-bond donors (Lipinski definition) is 0. The molecular formula is C9H13ClN2O2. The standard InChI is InChI=1S/C9H13ClN2O2/c1-9(4-2-6-13-9)8-12-11-7(14-8)3-5-10/h2-6H2,1H3. The molecule has 2 heterocycles. The van der Waals surface area contributed by atoms with Crippen LogP contribution in [0.25, 0.3) is 0 Å². The van der Waals surface area contributed by atoms with Crippen LogP contribution in [0.4, 0.5) is 0 Å². The molecule has 0 spiro atoms. The smallest absolute Gasteiger partial charge is 0.247 e. The van der Waals surface area contributed by atoms with Crippen LogP contribution >= 0.6 is 11.6 Å². The van der Waals surface area contributed by atoms with Crippen molar-refractivity contribution in [2.24, 2.45) is 0 Å². The van der Waals surface area contributed by atoms with Crippen molar-refractivity contribution < 1.29 is 9.15 Å². The van der Waals surface area contributed by atoms with Gasteiger partial charge in [-0.05, 0) is 19.8 Å². The largest absolute Gasteiger partial charge is 0.422 e. The van der Waals surface area contributed by atoms with Gasteiger partial charge in [0, 0.05) is 18.9 Å². The van der Waals surface area contributed by atoms with E-state index < -0.39 is 0 Å². The number of halogens is 1. The van der Waals surface area contributed by atoms with Crippen LogP contribution < -0.4 is 0 Å². The Hall–Kier alpha value is -0.610. The summed E-state index contributed by atoms with van der Waals surface area (Å²) >= 11 is 5.58. The summed E-state index contributed by atoms with van der Waals surface area (Å²) in [6.45, 7) is 2.75. The first kappa shape index (κ1) is 9.93. The molecule has 1 atom stereocenters. The lowest BCUT2D eigenvalue weighted by Crippen LogP contribution is -2.20. The summed E-state index contributed by atoms with van der Waals surface area (Å²) in [7, 11) is 0. The van der Waals surface area contributed by atoms with Gasteiger partial charge in [0.15, 0.2) is 0 Å². The van der Waals surface area contributed by atoms with E-state index in [0.29, 0.717) is 24.1 Å². The maximum atomic E-state index is 5.59. The molecule has 2 rings (SSSR count). The first-order chi connectivity index (χ1) is 6.74. The monoisotopic (exact) mass is 216 g/mol. The molecule has 1 aliphatic rings. The van der Waals surface area contributed by atoms with Crippen LogP contribution in [0.2, 0.25) is 0 Å². The molecule has 1 aromatic heterocycles. The second kappa shape index (κ2) is 3.87. The molecule has 0 N–H and O–H groups in total. The summed E-state index contributed by atoms with van der Waals surface area (Å²) in [4.78, 5) is 0. The molecular weight excluding hydrogens is 204 g/mol. The third kappa shape index (κ3) is 1.77. The van der Waals surface area contributed by atoms with Crippen LogP contribution in [0, 0.1) is 0 Å². The second-order valence-electron chi connectivity index (χ2n) is 3.62. The molecule has 0 amide bonds. The van der Waals surface area contributed by atoms with Gasteiger partial charge in [0.25, 0.3) is 0 Å². The van der Waals surface area contributed by atoms with E-state index in [9.17, 15) is 0 Å². The van der Waals surface area contributed by atoms with Crippen molar-refractivity contribution in [1.29, 1.82) is 0 Å². The molecule has 1 saturated heterocycles. The van der Waals surface area contributed by atoms with E-state index in [1.54, 1.807) is 0 Å². The van der Waals surface area contributed by atoms with Crippen LogP contribution in [-0.2, 0) is 16.8 Å². The lowest BCUT2D eigenvalue weighted by atomic mass is 10.0. The summed E-state index contributed by atoms with van der Waals surface area (Å²) in [6.07, 6.45) is 2.60. The van der Waals surface area contributed by atoms with Gasteiger partial charge in [-0.3, -0.25) is 0 Å². The van der Waals surface area contributed by atoms with Gasteiger partial charge < -0.3 is 9.15 Å². The molecule has 5 heteroatoms. The molecule has 1 unspecified atom stereocenters. The van der Waals surface area contributed by atoms with Crippen LogP contribution in [-0.4, -0.2) is 22.7 Å². The first-order valence-corrected chi connectivity index (χ1v) is 5.31. The fourth-order valence-electron chi connectivity index (χ4n) is 1.60. The zero-order valence-electron chi connectivity index (χ0n) is 8.12. The average molecular weight is 217 g/mol. The van der Waals surface area contributed by atoms with Crippen molar-refractivity contribution in [2.75, 3.05) is 12.5 Å². The maximum Gasteiger partial charge on any atom is 0.247 e. The SMILES string of the molecule is CC1(c2nnc(CCCl)o2)CCCO1. The maximum absolute atomic E-state index is 5.59. The van der Waals surface area contributed by atoms with Gasteiger partial charge in [0.05, 0.1) is 0 Å². The number of rotatable bonds is 3. The summed E-state index contributed by atoms with van der Waals surface area (Å²) in [5.74, 6) is 1.67. The Morgan fingerprint density at radius 3 is 3.00 bits per heavy atom. The molecule has 1 fully saturated rings. The van der Waals surface area contributed by atoms with Crippen molar-refractivity contribution >= 4 is 11.6 Å². The highest BCUT2D eigenvalue weighted by molar-refractivity contribution is 6.17. The van der Waals surface area contributed by atoms with E-state index in [1.165, 1.54) is 0 Å². The lowest BCUT2D eigenvalue weighted by molar-refractivity contribution is -0.00609. The Morgan fingerprint density at radius 1 is 1.50 bits per heavy atom. The first-order valence-electron chi connectivity index (χ1n) is 4.77.